The number of likely N-dealkylation sites (N-methyl/N-ethyl adjacent to an activating group) is 1. The Morgan fingerprint density at radius 1 is 1.05 bits per heavy atom. The zero-order valence-corrected chi connectivity index (χ0v) is 11.5. The molecule has 3 rings (SSSR count). The number of nitrogens with zero attached hydrogens (tertiary/aromatic N) is 3. The maximum atomic E-state index is 13.8. The number of anilines is 3. The molecule has 108 valence electrons. The van der Waals surface area contributed by atoms with Crippen LogP contribution in [-0.4, -0.2) is 25.1 Å². The zero-order valence-electron chi connectivity index (χ0n) is 11.5. The minimum absolute atomic E-state index is 0.292. The summed E-state index contributed by atoms with van der Waals surface area (Å²) in [6, 6.07) is 11.8. The standard InChI is InChI=1S/C15H14FN3O2/c1-17-9-10-18(13-7-3-2-6-12(13)17)14-8-4-5-11(16)15(14)19(20)21/h2-8H,9-10H2,1H3. The second-order valence-electron chi connectivity index (χ2n) is 4.93. The minimum Gasteiger partial charge on any atom is -0.371 e. The Kier molecular flexibility index (Phi) is 3.21. The Balaban J connectivity index is 2.17. The van der Waals surface area contributed by atoms with Gasteiger partial charge in [0.1, 0.15) is 5.69 Å². The van der Waals surface area contributed by atoms with Crippen LogP contribution >= 0.6 is 0 Å². The van der Waals surface area contributed by atoms with Crippen molar-refractivity contribution in [3.05, 3.63) is 58.4 Å². The third-order valence-electron chi connectivity index (χ3n) is 3.68. The predicted octanol–water partition coefficient (Wildman–Crippen LogP) is 3.32. The van der Waals surface area contributed by atoms with Crippen LogP contribution in [-0.2, 0) is 0 Å². The van der Waals surface area contributed by atoms with E-state index < -0.39 is 16.4 Å². The van der Waals surface area contributed by atoms with Crippen molar-refractivity contribution >= 4 is 22.7 Å². The summed E-state index contributed by atoms with van der Waals surface area (Å²) in [5.41, 5.74) is 1.64. The molecule has 1 heterocycles. The summed E-state index contributed by atoms with van der Waals surface area (Å²) in [4.78, 5) is 14.4. The number of benzene rings is 2. The van der Waals surface area contributed by atoms with Crippen molar-refractivity contribution in [2.24, 2.45) is 0 Å². The molecule has 0 saturated heterocycles. The Morgan fingerprint density at radius 3 is 2.43 bits per heavy atom. The molecule has 2 aromatic rings. The molecular formula is C15H14FN3O2. The third-order valence-corrected chi connectivity index (χ3v) is 3.68. The molecule has 21 heavy (non-hydrogen) atoms. The topological polar surface area (TPSA) is 49.6 Å². The lowest BCUT2D eigenvalue weighted by molar-refractivity contribution is -0.386. The molecule has 1 aliphatic rings. The highest BCUT2D eigenvalue weighted by molar-refractivity contribution is 5.82. The molecule has 0 fully saturated rings. The predicted molar refractivity (Wildman–Crippen MR) is 79.8 cm³/mol. The van der Waals surface area contributed by atoms with Crippen LogP contribution < -0.4 is 9.80 Å². The van der Waals surface area contributed by atoms with Gasteiger partial charge in [0.2, 0.25) is 5.82 Å². The monoisotopic (exact) mass is 287 g/mol. The van der Waals surface area contributed by atoms with E-state index in [-0.39, 0.29) is 0 Å². The minimum atomic E-state index is -0.811. The fraction of sp³-hybridized carbons (Fsp3) is 0.200. The molecular weight excluding hydrogens is 273 g/mol. The Labute approximate surface area is 121 Å². The van der Waals surface area contributed by atoms with Crippen LogP contribution in [0.3, 0.4) is 0 Å². The lowest BCUT2D eigenvalue weighted by Gasteiger charge is -2.36. The fourth-order valence-electron chi connectivity index (χ4n) is 2.66. The van der Waals surface area contributed by atoms with Crippen molar-refractivity contribution < 1.29 is 9.31 Å². The van der Waals surface area contributed by atoms with Crippen LogP contribution in [0.5, 0.6) is 0 Å². The Morgan fingerprint density at radius 2 is 1.71 bits per heavy atom. The van der Waals surface area contributed by atoms with Gasteiger partial charge in [0.05, 0.1) is 16.3 Å². The van der Waals surface area contributed by atoms with Gasteiger partial charge in [-0.1, -0.05) is 18.2 Å². The van der Waals surface area contributed by atoms with Gasteiger partial charge in [-0.05, 0) is 24.3 Å². The van der Waals surface area contributed by atoms with E-state index in [1.54, 1.807) is 11.0 Å². The van der Waals surface area contributed by atoms with Gasteiger partial charge in [0, 0.05) is 20.1 Å². The highest BCUT2D eigenvalue weighted by atomic mass is 19.1. The van der Waals surface area contributed by atoms with E-state index in [0.717, 1.165) is 17.4 Å². The highest BCUT2D eigenvalue weighted by Gasteiger charge is 2.28. The molecule has 0 radical (unpaired) electrons. The van der Waals surface area contributed by atoms with Crippen molar-refractivity contribution in [3.63, 3.8) is 0 Å². The Bertz CT molecular complexity index is 705. The van der Waals surface area contributed by atoms with Crippen LogP contribution in [0.1, 0.15) is 0 Å². The van der Waals surface area contributed by atoms with Crippen LogP contribution in [0.15, 0.2) is 42.5 Å². The van der Waals surface area contributed by atoms with E-state index in [1.807, 2.05) is 31.3 Å². The number of hydrogen-bond donors (Lipinski definition) is 0. The van der Waals surface area contributed by atoms with Gasteiger partial charge >= 0.3 is 5.69 Å². The molecule has 0 N–H and O–H groups in total. The number of rotatable bonds is 2. The summed E-state index contributed by atoms with van der Waals surface area (Å²) in [6.45, 7) is 1.28. The van der Waals surface area contributed by atoms with E-state index >= 15 is 0 Å². The second kappa shape index (κ2) is 5.05. The fourth-order valence-corrected chi connectivity index (χ4v) is 2.66. The smallest absolute Gasteiger partial charge is 0.328 e. The van der Waals surface area contributed by atoms with E-state index in [2.05, 4.69) is 4.90 Å². The summed E-state index contributed by atoms with van der Waals surface area (Å²) in [5.74, 6) is -0.811. The molecule has 5 nitrogen and oxygen atoms in total. The lowest BCUT2D eigenvalue weighted by atomic mass is 10.1. The quantitative estimate of drug-likeness (QED) is 0.628. The molecule has 0 aromatic heterocycles. The molecule has 0 unspecified atom stereocenters. The van der Waals surface area contributed by atoms with Crippen molar-refractivity contribution in [1.29, 1.82) is 0 Å². The van der Waals surface area contributed by atoms with E-state index in [9.17, 15) is 14.5 Å². The maximum absolute atomic E-state index is 13.8. The van der Waals surface area contributed by atoms with E-state index in [4.69, 9.17) is 0 Å². The van der Waals surface area contributed by atoms with Gasteiger partial charge in [-0.2, -0.15) is 4.39 Å². The van der Waals surface area contributed by atoms with Gasteiger partial charge in [0.25, 0.3) is 0 Å². The van der Waals surface area contributed by atoms with E-state index in [0.29, 0.717) is 18.8 Å². The number of hydrogen-bond acceptors (Lipinski definition) is 4. The summed E-state index contributed by atoms with van der Waals surface area (Å²) < 4.78 is 13.8. The lowest BCUT2D eigenvalue weighted by Crippen LogP contribution is -2.36. The van der Waals surface area contributed by atoms with Gasteiger partial charge in [-0.3, -0.25) is 10.1 Å². The number of halogens is 1. The first-order valence-electron chi connectivity index (χ1n) is 6.60. The van der Waals surface area contributed by atoms with Crippen molar-refractivity contribution in [1.82, 2.24) is 0 Å². The summed E-state index contributed by atoms with van der Waals surface area (Å²) in [5, 5.41) is 11.2. The number of nitro benzene ring substituents is 1. The first kappa shape index (κ1) is 13.4. The average Bonchev–Trinajstić information content (AvgIpc) is 2.47. The van der Waals surface area contributed by atoms with Gasteiger partial charge in [-0.15, -0.1) is 0 Å². The molecule has 0 bridgehead atoms. The average molecular weight is 287 g/mol. The molecule has 0 atom stereocenters. The van der Waals surface area contributed by atoms with Gasteiger partial charge in [-0.25, -0.2) is 0 Å². The number of nitro groups is 1. The summed E-state index contributed by atoms with van der Waals surface area (Å²) in [6.07, 6.45) is 0. The first-order valence-corrected chi connectivity index (χ1v) is 6.60. The first-order chi connectivity index (χ1) is 10.1. The van der Waals surface area contributed by atoms with Crippen LogP contribution in [0.2, 0.25) is 0 Å². The SMILES string of the molecule is CN1CCN(c2cccc(F)c2[N+](=O)[O-])c2ccccc21. The summed E-state index contributed by atoms with van der Waals surface area (Å²) >= 11 is 0. The maximum Gasteiger partial charge on any atom is 0.328 e. The highest BCUT2D eigenvalue weighted by Crippen LogP contribution is 2.41. The molecule has 0 aliphatic carbocycles. The van der Waals surface area contributed by atoms with Crippen molar-refractivity contribution in [2.45, 2.75) is 0 Å². The molecule has 2 aromatic carbocycles. The van der Waals surface area contributed by atoms with Crippen molar-refractivity contribution in [3.8, 4) is 0 Å². The molecule has 6 heteroatoms. The normalized spacial score (nSPS) is 14.0. The number of para-hydroxylation sites is 3. The molecule has 1 aliphatic heterocycles. The molecule has 0 spiro atoms. The molecule has 0 amide bonds. The third kappa shape index (κ3) is 2.18. The van der Waals surface area contributed by atoms with Crippen LogP contribution in [0.25, 0.3) is 0 Å². The van der Waals surface area contributed by atoms with Crippen LogP contribution in [0.4, 0.5) is 27.1 Å². The zero-order chi connectivity index (χ0) is 15.0. The van der Waals surface area contributed by atoms with Gasteiger partial charge in [0.15, 0.2) is 0 Å². The largest absolute Gasteiger partial charge is 0.371 e. The van der Waals surface area contributed by atoms with Gasteiger partial charge < -0.3 is 9.80 Å². The van der Waals surface area contributed by atoms with E-state index in [1.165, 1.54) is 6.07 Å². The summed E-state index contributed by atoms with van der Waals surface area (Å²) in [7, 11) is 1.97. The van der Waals surface area contributed by atoms with Crippen LogP contribution in [0, 0.1) is 15.9 Å². The Hall–Kier alpha value is -2.63. The number of fused-ring (bicyclic) bond motifs is 1. The second-order valence-corrected chi connectivity index (χ2v) is 4.93. The molecule has 0 saturated carbocycles. The van der Waals surface area contributed by atoms with Crippen molar-refractivity contribution in [2.75, 3.05) is 29.9 Å².